The number of carbonyl (C=O) groups excluding carboxylic acids is 1. The second-order valence-corrected chi connectivity index (χ2v) is 6.41. The first-order chi connectivity index (χ1) is 11.2. The molecule has 0 spiro atoms. The van der Waals surface area contributed by atoms with Crippen LogP contribution in [0.3, 0.4) is 0 Å². The average molecular weight is 330 g/mol. The summed E-state index contributed by atoms with van der Waals surface area (Å²) in [5, 5.41) is 0.525. The molecule has 1 N–H and O–H groups in total. The second kappa shape index (κ2) is 7.00. The number of carbonyl (C=O) groups is 1. The van der Waals surface area contributed by atoms with Crippen molar-refractivity contribution in [1.29, 1.82) is 0 Å². The summed E-state index contributed by atoms with van der Waals surface area (Å²) in [5.74, 6) is 0.960. The second-order valence-electron chi connectivity index (χ2n) is 5.44. The van der Waals surface area contributed by atoms with E-state index in [0.717, 1.165) is 42.7 Å². The summed E-state index contributed by atoms with van der Waals surface area (Å²) >= 11 is 1.27. The van der Waals surface area contributed by atoms with Crippen LogP contribution in [-0.4, -0.2) is 28.6 Å². The van der Waals surface area contributed by atoms with Crippen LogP contribution >= 0.6 is 11.8 Å². The quantitative estimate of drug-likeness (QED) is 0.518. The normalized spacial score (nSPS) is 13.4. The number of fused-ring (bicyclic) bond motifs is 1. The molecule has 5 nitrogen and oxygen atoms in total. The van der Waals surface area contributed by atoms with Crippen LogP contribution in [0.25, 0.3) is 0 Å². The Hall–Kier alpha value is -2.08. The maximum Gasteiger partial charge on any atom is 0.254 e. The summed E-state index contributed by atoms with van der Waals surface area (Å²) in [5.41, 5.74) is 2.26. The fraction of sp³-hybridized carbons (Fsp3) is 0.353. The predicted molar refractivity (Wildman–Crippen MR) is 89.5 cm³/mol. The molecule has 0 atom stereocenters. The first kappa shape index (κ1) is 15.8. The van der Waals surface area contributed by atoms with Gasteiger partial charge in [-0.1, -0.05) is 11.8 Å². The van der Waals surface area contributed by atoms with Gasteiger partial charge in [0, 0.05) is 11.1 Å². The highest BCUT2D eigenvalue weighted by molar-refractivity contribution is 7.99. The number of hydrogen-bond donors (Lipinski definition) is 1. The number of benzene rings is 1. The van der Waals surface area contributed by atoms with E-state index in [-0.39, 0.29) is 17.1 Å². The van der Waals surface area contributed by atoms with Gasteiger partial charge >= 0.3 is 0 Å². The highest BCUT2D eigenvalue weighted by atomic mass is 32.2. The van der Waals surface area contributed by atoms with E-state index in [9.17, 15) is 9.59 Å². The number of nitrogens with zero attached hydrogens (tertiary/aromatic N) is 1. The van der Waals surface area contributed by atoms with Crippen molar-refractivity contribution in [2.24, 2.45) is 0 Å². The maximum absolute atomic E-state index is 12.2. The van der Waals surface area contributed by atoms with Crippen molar-refractivity contribution in [2.75, 3.05) is 12.9 Å². The lowest BCUT2D eigenvalue weighted by molar-refractivity contribution is 0.102. The molecule has 1 aromatic heterocycles. The fourth-order valence-electron chi connectivity index (χ4n) is 2.64. The monoisotopic (exact) mass is 330 g/mol. The van der Waals surface area contributed by atoms with Crippen LogP contribution in [-0.2, 0) is 12.8 Å². The molecular formula is C17H18N2O3S. The number of aromatic nitrogens is 2. The molecule has 2 aromatic rings. The number of aromatic amines is 1. The van der Waals surface area contributed by atoms with Crippen LogP contribution in [0.5, 0.6) is 5.75 Å². The highest BCUT2D eigenvalue weighted by Crippen LogP contribution is 2.20. The van der Waals surface area contributed by atoms with Crippen LogP contribution in [0.4, 0.5) is 0 Å². The summed E-state index contributed by atoms with van der Waals surface area (Å²) in [4.78, 5) is 31.6. The molecule has 23 heavy (non-hydrogen) atoms. The van der Waals surface area contributed by atoms with Crippen LogP contribution < -0.4 is 10.3 Å². The first-order valence-corrected chi connectivity index (χ1v) is 8.58. The number of ketones is 1. The van der Waals surface area contributed by atoms with Gasteiger partial charge in [0.1, 0.15) is 5.75 Å². The summed E-state index contributed by atoms with van der Waals surface area (Å²) in [6, 6.07) is 7.00. The number of H-pyrrole nitrogens is 1. The zero-order chi connectivity index (χ0) is 16.2. The molecule has 1 aliphatic rings. The van der Waals surface area contributed by atoms with E-state index in [4.69, 9.17) is 4.74 Å². The molecule has 0 bridgehead atoms. The smallest absolute Gasteiger partial charge is 0.254 e. The fourth-order valence-corrected chi connectivity index (χ4v) is 3.42. The van der Waals surface area contributed by atoms with Gasteiger partial charge in [0.05, 0.1) is 18.6 Å². The summed E-state index contributed by atoms with van der Waals surface area (Å²) in [6.07, 6.45) is 3.76. The van der Waals surface area contributed by atoms with Gasteiger partial charge < -0.3 is 9.72 Å². The van der Waals surface area contributed by atoms with Crippen molar-refractivity contribution in [1.82, 2.24) is 9.97 Å². The highest BCUT2D eigenvalue weighted by Gasteiger charge is 2.16. The minimum atomic E-state index is -0.0610. The van der Waals surface area contributed by atoms with E-state index in [2.05, 4.69) is 9.97 Å². The van der Waals surface area contributed by atoms with Gasteiger partial charge in [0.25, 0.3) is 5.56 Å². The van der Waals surface area contributed by atoms with Crippen LogP contribution in [0.1, 0.15) is 34.5 Å². The molecule has 120 valence electrons. The van der Waals surface area contributed by atoms with E-state index in [1.807, 2.05) is 0 Å². The van der Waals surface area contributed by atoms with Gasteiger partial charge in [0.15, 0.2) is 10.9 Å². The zero-order valence-corrected chi connectivity index (χ0v) is 13.7. The third kappa shape index (κ3) is 3.64. The van der Waals surface area contributed by atoms with E-state index < -0.39 is 0 Å². The standard InChI is InChI=1S/C17H18N2O3S/c1-22-12-8-6-11(7-9-12)15(20)10-23-17-18-14-5-3-2-4-13(14)16(21)19-17/h6-9H,2-5,10H2,1H3,(H,18,19,21). The molecule has 3 rings (SSSR count). The number of Topliss-reactive ketones (excluding diaryl/α,β-unsaturated/α-hetero) is 1. The Kier molecular flexibility index (Phi) is 4.81. The summed E-state index contributed by atoms with van der Waals surface area (Å²) in [6.45, 7) is 0. The van der Waals surface area contributed by atoms with Gasteiger partial charge in [-0.3, -0.25) is 9.59 Å². The van der Waals surface area contributed by atoms with Crippen LogP contribution in [0.15, 0.2) is 34.2 Å². The van der Waals surface area contributed by atoms with E-state index in [0.29, 0.717) is 10.7 Å². The number of rotatable bonds is 5. The van der Waals surface area contributed by atoms with E-state index in [1.165, 1.54) is 11.8 Å². The van der Waals surface area contributed by atoms with Crippen LogP contribution in [0, 0.1) is 0 Å². The first-order valence-electron chi connectivity index (χ1n) is 7.59. The Morgan fingerprint density at radius 3 is 2.74 bits per heavy atom. The lowest BCUT2D eigenvalue weighted by atomic mass is 9.97. The molecule has 0 saturated heterocycles. The Labute approximate surface area is 138 Å². The molecule has 0 unspecified atom stereocenters. The van der Waals surface area contributed by atoms with Gasteiger partial charge in [-0.05, 0) is 49.9 Å². The van der Waals surface area contributed by atoms with Gasteiger partial charge in [-0.2, -0.15) is 0 Å². The van der Waals surface area contributed by atoms with Crippen LogP contribution in [0.2, 0.25) is 0 Å². The van der Waals surface area contributed by atoms with Crippen molar-refractivity contribution < 1.29 is 9.53 Å². The SMILES string of the molecule is COc1ccc(C(=O)CSc2nc3c(c(=O)[nH]2)CCCC3)cc1. The number of methoxy groups -OCH3 is 1. The van der Waals surface area contributed by atoms with Crippen molar-refractivity contribution in [2.45, 2.75) is 30.8 Å². The predicted octanol–water partition coefficient (Wildman–Crippen LogP) is 2.63. The van der Waals surface area contributed by atoms with E-state index >= 15 is 0 Å². The molecule has 6 heteroatoms. The molecular weight excluding hydrogens is 312 g/mol. The number of thioether (sulfide) groups is 1. The molecule has 1 aliphatic carbocycles. The molecule has 0 aliphatic heterocycles. The van der Waals surface area contributed by atoms with Gasteiger partial charge in [0.2, 0.25) is 0 Å². The molecule has 0 radical (unpaired) electrons. The number of aryl methyl sites for hydroxylation is 1. The Bertz CT molecular complexity index is 768. The summed E-state index contributed by atoms with van der Waals surface area (Å²) < 4.78 is 5.08. The van der Waals surface area contributed by atoms with E-state index in [1.54, 1.807) is 31.4 Å². The molecule has 1 heterocycles. The Balaban J connectivity index is 1.69. The average Bonchev–Trinajstić information content (AvgIpc) is 2.60. The van der Waals surface area contributed by atoms with Gasteiger partial charge in [-0.15, -0.1) is 0 Å². The molecule has 0 fully saturated rings. The number of nitrogens with one attached hydrogen (secondary N) is 1. The minimum Gasteiger partial charge on any atom is -0.497 e. The summed E-state index contributed by atoms with van der Waals surface area (Å²) in [7, 11) is 1.59. The van der Waals surface area contributed by atoms with Crippen molar-refractivity contribution in [3.05, 3.63) is 51.4 Å². The largest absolute Gasteiger partial charge is 0.497 e. The van der Waals surface area contributed by atoms with Crippen molar-refractivity contribution in [3.8, 4) is 5.75 Å². The molecule has 0 amide bonds. The number of hydrogen-bond acceptors (Lipinski definition) is 5. The Morgan fingerprint density at radius 1 is 1.26 bits per heavy atom. The van der Waals surface area contributed by atoms with Crippen molar-refractivity contribution in [3.63, 3.8) is 0 Å². The maximum atomic E-state index is 12.2. The van der Waals surface area contributed by atoms with Crippen molar-refractivity contribution >= 4 is 17.5 Å². The lowest BCUT2D eigenvalue weighted by Gasteiger charge is -2.14. The topological polar surface area (TPSA) is 72.0 Å². The Morgan fingerprint density at radius 2 is 2.00 bits per heavy atom. The third-order valence-electron chi connectivity index (χ3n) is 3.92. The van der Waals surface area contributed by atoms with Gasteiger partial charge in [-0.25, -0.2) is 4.98 Å². The molecule has 1 aromatic carbocycles. The minimum absolute atomic E-state index is 0.00183. The zero-order valence-electron chi connectivity index (χ0n) is 12.9. The molecule has 0 saturated carbocycles. The third-order valence-corrected chi connectivity index (χ3v) is 4.80. The lowest BCUT2D eigenvalue weighted by Crippen LogP contribution is -2.21. The number of ether oxygens (including phenoxy) is 1.